The summed E-state index contributed by atoms with van der Waals surface area (Å²) in [5, 5.41) is 5.24. The summed E-state index contributed by atoms with van der Waals surface area (Å²) in [5.74, 6) is -0.282. The molecule has 1 aromatic heterocycles. The SMILES string of the molecule is COC(=O)c1c(-c2ccc(C(C)C)cc2)csc1NC(=O)C(C)C. The monoisotopic (exact) mass is 345 g/mol. The van der Waals surface area contributed by atoms with Crippen LogP contribution in [0.2, 0.25) is 0 Å². The van der Waals surface area contributed by atoms with Gasteiger partial charge < -0.3 is 10.1 Å². The van der Waals surface area contributed by atoms with Crippen molar-refractivity contribution in [2.75, 3.05) is 12.4 Å². The summed E-state index contributed by atoms with van der Waals surface area (Å²) < 4.78 is 4.92. The predicted octanol–water partition coefficient (Wildman–Crippen LogP) is 4.92. The van der Waals surface area contributed by atoms with Crippen LogP contribution in [0.1, 0.15) is 49.5 Å². The summed E-state index contributed by atoms with van der Waals surface area (Å²) in [6, 6.07) is 8.12. The summed E-state index contributed by atoms with van der Waals surface area (Å²) >= 11 is 1.34. The van der Waals surface area contributed by atoms with Crippen LogP contribution in [0.3, 0.4) is 0 Å². The Labute approximate surface area is 146 Å². The van der Waals surface area contributed by atoms with Crippen LogP contribution in [0.15, 0.2) is 29.6 Å². The van der Waals surface area contributed by atoms with E-state index in [1.54, 1.807) is 0 Å². The van der Waals surface area contributed by atoms with Crippen molar-refractivity contribution < 1.29 is 14.3 Å². The zero-order valence-electron chi connectivity index (χ0n) is 14.7. The maximum atomic E-state index is 12.2. The second kappa shape index (κ2) is 7.62. The molecule has 0 unspecified atom stereocenters. The van der Waals surface area contributed by atoms with Gasteiger partial charge in [0.05, 0.1) is 7.11 Å². The molecule has 2 aromatic rings. The van der Waals surface area contributed by atoms with E-state index in [-0.39, 0.29) is 11.8 Å². The molecule has 5 heteroatoms. The fourth-order valence-corrected chi connectivity index (χ4v) is 3.23. The number of amides is 1. The van der Waals surface area contributed by atoms with Crippen LogP contribution in [0.25, 0.3) is 11.1 Å². The first kappa shape index (κ1) is 18.2. The number of benzene rings is 1. The fraction of sp³-hybridized carbons (Fsp3) is 0.368. The van der Waals surface area contributed by atoms with Crippen molar-refractivity contribution >= 4 is 28.2 Å². The zero-order chi connectivity index (χ0) is 17.9. The molecule has 0 aliphatic heterocycles. The molecule has 0 atom stereocenters. The number of carbonyl (C=O) groups excluding carboxylic acids is 2. The second-order valence-corrected chi connectivity index (χ2v) is 7.15. The van der Waals surface area contributed by atoms with E-state index in [1.807, 2.05) is 31.4 Å². The van der Waals surface area contributed by atoms with Crippen LogP contribution >= 0.6 is 11.3 Å². The third-order valence-electron chi connectivity index (χ3n) is 3.83. The predicted molar refractivity (Wildman–Crippen MR) is 98.7 cm³/mol. The number of rotatable bonds is 5. The first-order chi connectivity index (χ1) is 11.3. The zero-order valence-corrected chi connectivity index (χ0v) is 15.5. The summed E-state index contributed by atoms with van der Waals surface area (Å²) in [6.07, 6.45) is 0. The molecule has 0 spiro atoms. The molecule has 128 valence electrons. The van der Waals surface area contributed by atoms with Crippen molar-refractivity contribution in [3.63, 3.8) is 0 Å². The minimum absolute atomic E-state index is 0.122. The summed E-state index contributed by atoms with van der Waals surface area (Å²) in [4.78, 5) is 24.2. The van der Waals surface area contributed by atoms with Crippen molar-refractivity contribution in [3.8, 4) is 11.1 Å². The number of nitrogens with one attached hydrogen (secondary N) is 1. The Kier molecular flexibility index (Phi) is 5.78. The van der Waals surface area contributed by atoms with E-state index >= 15 is 0 Å². The number of carbonyl (C=O) groups is 2. The molecule has 0 bridgehead atoms. The molecule has 4 nitrogen and oxygen atoms in total. The highest BCUT2D eigenvalue weighted by atomic mass is 32.1. The van der Waals surface area contributed by atoms with Crippen molar-refractivity contribution in [2.24, 2.45) is 5.92 Å². The maximum Gasteiger partial charge on any atom is 0.341 e. The van der Waals surface area contributed by atoms with Crippen molar-refractivity contribution in [2.45, 2.75) is 33.6 Å². The summed E-state index contributed by atoms with van der Waals surface area (Å²) in [7, 11) is 1.35. The molecule has 0 saturated carbocycles. The normalized spacial score (nSPS) is 11.0. The van der Waals surface area contributed by atoms with Crippen LogP contribution in [0, 0.1) is 5.92 Å². The van der Waals surface area contributed by atoms with Gasteiger partial charge in [-0.3, -0.25) is 4.79 Å². The Morgan fingerprint density at radius 3 is 2.21 bits per heavy atom. The molecule has 0 aliphatic carbocycles. The molecule has 2 rings (SSSR count). The molecule has 1 amide bonds. The number of esters is 1. The quantitative estimate of drug-likeness (QED) is 0.783. The van der Waals surface area contributed by atoms with Gasteiger partial charge in [0.15, 0.2) is 0 Å². The molecule has 0 aliphatic rings. The molecular weight excluding hydrogens is 322 g/mol. The van der Waals surface area contributed by atoms with E-state index in [4.69, 9.17) is 4.74 Å². The summed E-state index contributed by atoms with van der Waals surface area (Å²) in [5.41, 5.74) is 3.36. The van der Waals surface area contributed by atoms with Crippen LogP contribution in [0.5, 0.6) is 0 Å². The molecule has 0 radical (unpaired) electrons. The Hall–Kier alpha value is -2.14. The highest BCUT2D eigenvalue weighted by Crippen LogP contribution is 2.36. The van der Waals surface area contributed by atoms with E-state index < -0.39 is 5.97 Å². The minimum Gasteiger partial charge on any atom is -0.465 e. The average molecular weight is 345 g/mol. The third kappa shape index (κ3) is 3.85. The van der Waals surface area contributed by atoms with E-state index in [2.05, 4.69) is 31.3 Å². The van der Waals surface area contributed by atoms with Crippen molar-refractivity contribution in [1.82, 2.24) is 0 Å². The number of anilines is 1. The van der Waals surface area contributed by atoms with Gasteiger partial charge in [0.1, 0.15) is 10.6 Å². The number of thiophene rings is 1. The topological polar surface area (TPSA) is 55.4 Å². The van der Waals surface area contributed by atoms with E-state index in [0.717, 1.165) is 11.1 Å². The van der Waals surface area contributed by atoms with Gasteiger partial charge in [0.2, 0.25) is 5.91 Å². The Bertz CT molecular complexity index is 730. The molecule has 1 heterocycles. The Morgan fingerprint density at radius 1 is 1.08 bits per heavy atom. The van der Waals surface area contributed by atoms with E-state index in [1.165, 1.54) is 24.0 Å². The van der Waals surface area contributed by atoms with Gasteiger partial charge in [-0.25, -0.2) is 4.79 Å². The van der Waals surface area contributed by atoms with Crippen molar-refractivity contribution in [3.05, 3.63) is 40.8 Å². The second-order valence-electron chi connectivity index (χ2n) is 6.27. The van der Waals surface area contributed by atoms with Gasteiger partial charge >= 0.3 is 5.97 Å². The van der Waals surface area contributed by atoms with Crippen LogP contribution in [0.4, 0.5) is 5.00 Å². The highest BCUT2D eigenvalue weighted by Gasteiger charge is 2.23. The van der Waals surface area contributed by atoms with Crippen LogP contribution in [-0.2, 0) is 9.53 Å². The average Bonchev–Trinajstić information content (AvgIpc) is 2.97. The number of hydrogen-bond acceptors (Lipinski definition) is 4. The highest BCUT2D eigenvalue weighted by molar-refractivity contribution is 7.15. The number of ether oxygens (including phenoxy) is 1. The lowest BCUT2D eigenvalue weighted by molar-refractivity contribution is -0.118. The lowest BCUT2D eigenvalue weighted by atomic mass is 9.98. The van der Waals surface area contributed by atoms with Gasteiger partial charge in [-0.05, 0) is 17.0 Å². The molecule has 1 N–H and O–H groups in total. The molecule has 1 aromatic carbocycles. The standard InChI is InChI=1S/C19H23NO3S/c1-11(2)13-6-8-14(9-7-13)15-10-24-18(16(15)19(22)23-5)20-17(21)12(3)4/h6-12H,1-5H3,(H,20,21). The Balaban J connectivity index is 2.44. The van der Waals surface area contributed by atoms with Gasteiger partial charge in [-0.1, -0.05) is 52.0 Å². The summed E-state index contributed by atoms with van der Waals surface area (Å²) in [6.45, 7) is 7.90. The van der Waals surface area contributed by atoms with Gasteiger partial charge in [-0.2, -0.15) is 0 Å². The van der Waals surface area contributed by atoms with Crippen LogP contribution in [-0.4, -0.2) is 19.0 Å². The largest absolute Gasteiger partial charge is 0.465 e. The number of hydrogen-bond donors (Lipinski definition) is 1. The molecular formula is C19H23NO3S. The molecule has 0 saturated heterocycles. The third-order valence-corrected chi connectivity index (χ3v) is 4.73. The van der Waals surface area contributed by atoms with Gasteiger partial charge in [-0.15, -0.1) is 11.3 Å². The smallest absolute Gasteiger partial charge is 0.341 e. The first-order valence-electron chi connectivity index (χ1n) is 7.96. The number of methoxy groups -OCH3 is 1. The van der Waals surface area contributed by atoms with Crippen molar-refractivity contribution in [1.29, 1.82) is 0 Å². The lowest BCUT2D eigenvalue weighted by Crippen LogP contribution is -2.18. The lowest BCUT2D eigenvalue weighted by Gasteiger charge is -2.10. The fourth-order valence-electron chi connectivity index (χ4n) is 2.27. The van der Waals surface area contributed by atoms with E-state index in [0.29, 0.717) is 16.5 Å². The minimum atomic E-state index is -0.446. The maximum absolute atomic E-state index is 12.2. The molecule has 0 fully saturated rings. The van der Waals surface area contributed by atoms with Gasteiger partial charge in [0, 0.05) is 16.9 Å². The first-order valence-corrected chi connectivity index (χ1v) is 8.84. The van der Waals surface area contributed by atoms with E-state index in [9.17, 15) is 9.59 Å². The van der Waals surface area contributed by atoms with Crippen LogP contribution < -0.4 is 5.32 Å². The van der Waals surface area contributed by atoms with Gasteiger partial charge in [0.25, 0.3) is 0 Å². The Morgan fingerprint density at radius 2 is 1.71 bits per heavy atom. The molecule has 24 heavy (non-hydrogen) atoms.